The number of para-hydroxylation sites is 1. The lowest BCUT2D eigenvalue weighted by Crippen LogP contribution is -2.21. The maximum Gasteiger partial charge on any atom is 0.261 e. The van der Waals surface area contributed by atoms with Gasteiger partial charge in [0.15, 0.2) is 0 Å². The molecule has 1 aromatic heterocycles. The summed E-state index contributed by atoms with van der Waals surface area (Å²) in [6.45, 7) is 0. The molecule has 0 unspecified atom stereocenters. The van der Waals surface area contributed by atoms with Crippen molar-refractivity contribution in [1.29, 1.82) is 0 Å². The van der Waals surface area contributed by atoms with Gasteiger partial charge in [-0.3, -0.25) is 4.79 Å². The Hall–Kier alpha value is -3.57. The fraction of sp³-hybridized carbons (Fsp3) is 0.0435. The van der Waals surface area contributed by atoms with Crippen molar-refractivity contribution < 1.29 is 13.9 Å². The van der Waals surface area contributed by atoms with Crippen molar-refractivity contribution in [1.82, 2.24) is 0 Å². The van der Waals surface area contributed by atoms with E-state index in [1.165, 1.54) is 0 Å². The van der Waals surface area contributed by atoms with Gasteiger partial charge in [-0.05, 0) is 60.7 Å². The topological polar surface area (TPSA) is 63.8 Å². The highest BCUT2D eigenvalue weighted by molar-refractivity contribution is 6.30. The summed E-state index contributed by atoms with van der Waals surface area (Å²) in [6.07, 6.45) is 0. The summed E-state index contributed by atoms with van der Waals surface area (Å²) < 4.78 is 11.1. The second-order valence-corrected chi connectivity index (χ2v) is 6.71. The van der Waals surface area contributed by atoms with E-state index in [1.54, 1.807) is 61.7 Å². The van der Waals surface area contributed by atoms with Crippen molar-refractivity contribution in [3.05, 3.63) is 95.0 Å². The summed E-state index contributed by atoms with van der Waals surface area (Å²) in [5.41, 5.74) is 2.46. The molecule has 0 bridgehead atoms. The highest BCUT2D eigenvalue weighted by Crippen LogP contribution is 2.19. The van der Waals surface area contributed by atoms with E-state index in [-0.39, 0.29) is 11.5 Å². The van der Waals surface area contributed by atoms with E-state index < -0.39 is 0 Å². The van der Waals surface area contributed by atoms with Gasteiger partial charge >= 0.3 is 0 Å². The van der Waals surface area contributed by atoms with Gasteiger partial charge in [0.25, 0.3) is 5.91 Å². The lowest BCUT2D eigenvalue weighted by atomic mass is 10.1. The Balaban J connectivity index is 1.79. The second-order valence-electron chi connectivity index (χ2n) is 6.27. The van der Waals surface area contributed by atoms with Crippen LogP contribution in [0.3, 0.4) is 0 Å². The Kier molecular flexibility index (Phi) is 5.31. The first-order valence-corrected chi connectivity index (χ1v) is 9.29. The van der Waals surface area contributed by atoms with Crippen LogP contribution in [-0.2, 0) is 0 Å². The van der Waals surface area contributed by atoms with E-state index in [2.05, 4.69) is 10.3 Å². The molecule has 0 saturated heterocycles. The van der Waals surface area contributed by atoms with Crippen LogP contribution in [0.5, 0.6) is 5.75 Å². The summed E-state index contributed by atoms with van der Waals surface area (Å²) in [6, 6.07) is 23.3. The Morgan fingerprint density at radius 3 is 2.45 bits per heavy atom. The molecule has 0 aliphatic rings. The van der Waals surface area contributed by atoms with Crippen molar-refractivity contribution in [2.45, 2.75) is 0 Å². The molecule has 0 spiro atoms. The first-order valence-electron chi connectivity index (χ1n) is 8.91. The number of methoxy groups -OCH3 is 1. The van der Waals surface area contributed by atoms with Crippen LogP contribution in [0.15, 0.2) is 88.3 Å². The number of nitrogens with one attached hydrogen (secondary N) is 1. The zero-order valence-corrected chi connectivity index (χ0v) is 16.3. The Labute approximate surface area is 172 Å². The summed E-state index contributed by atoms with van der Waals surface area (Å²) in [7, 11) is 1.60. The number of benzene rings is 3. The van der Waals surface area contributed by atoms with Gasteiger partial charge in [-0.2, -0.15) is 0 Å². The minimum absolute atomic E-state index is 0.223. The molecular formula is C23H17ClN2O3. The molecule has 0 atom stereocenters. The molecule has 4 aromatic rings. The standard InChI is InChI=1S/C23H17ClN2O3/c1-28-19-12-10-18(11-13-19)26-23-20(14-15-4-2-3-5-21(15)29-23)22(27)25-17-8-6-16(24)7-9-17/h2-14H,1H3,(H,25,27). The number of amides is 1. The van der Waals surface area contributed by atoms with Crippen LogP contribution in [0.25, 0.3) is 11.0 Å². The van der Waals surface area contributed by atoms with Gasteiger partial charge in [0.05, 0.1) is 12.8 Å². The molecule has 0 fully saturated rings. The molecule has 5 nitrogen and oxygen atoms in total. The first kappa shape index (κ1) is 18.8. The van der Waals surface area contributed by atoms with Gasteiger partial charge in [0.2, 0.25) is 5.55 Å². The average Bonchev–Trinajstić information content (AvgIpc) is 2.75. The van der Waals surface area contributed by atoms with Crippen molar-refractivity contribution >= 4 is 39.9 Å². The zero-order valence-electron chi connectivity index (χ0n) is 15.6. The van der Waals surface area contributed by atoms with Crippen molar-refractivity contribution in [2.24, 2.45) is 4.99 Å². The smallest absolute Gasteiger partial charge is 0.261 e. The van der Waals surface area contributed by atoms with Gasteiger partial charge in [-0.15, -0.1) is 0 Å². The van der Waals surface area contributed by atoms with Crippen LogP contribution in [0, 0.1) is 0 Å². The van der Waals surface area contributed by atoms with E-state index in [9.17, 15) is 4.79 Å². The van der Waals surface area contributed by atoms with Crippen LogP contribution in [0.4, 0.5) is 11.4 Å². The Morgan fingerprint density at radius 1 is 1.00 bits per heavy atom. The van der Waals surface area contributed by atoms with Crippen LogP contribution in [-0.4, -0.2) is 13.0 Å². The lowest BCUT2D eigenvalue weighted by Gasteiger charge is -2.07. The molecule has 1 N–H and O–H groups in total. The summed E-state index contributed by atoms with van der Waals surface area (Å²) in [4.78, 5) is 17.5. The number of fused-ring (bicyclic) bond motifs is 1. The molecule has 0 saturated carbocycles. The molecule has 0 aliphatic heterocycles. The number of hydrogen-bond acceptors (Lipinski definition) is 4. The average molecular weight is 405 g/mol. The number of ether oxygens (including phenoxy) is 1. The number of nitrogens with zero attached hydrogens (tertiary/aromatic N) is 1. The lowest BCUT2D eigenvalue weighted by molar-refractivity contribution is 0.102. The predicted octanol–water partition coefficient (Wildman–Crippen LogP) is 5.58. The van der Waals surface area contributed by atoms with Gasteiger partial charge in [0.1, 0.15) is 16.9 Å². The number of carbonyl (C=O) groups is 1. The monoisotopic (exact) mass is 404 g/mol. The van der Waals surface area contributed by atoms with Gasteiger partial charge in [0, 0.05) is 16.1 Å². The molecule has 29 heavy (non-hydrogen) atoms. The molecule has 1 amide bonds. The van der Waals surface area contributed by atoms with E-state index in [0.29, 0.717) is 27.5 Å². The second kappa shape index (κ2) is 8.20. The van der Waals surface area contributed by atoms with Gasteiger partial charge in [-0.25, -0.2) is 4.99 Å². The van der Waals surface area contributed by atoms with Crippen molar-refractivity contribution in [3.8, 4) is 5.75 Å². The number of rotatable bonds is 4. The molecule has 0 aliphatic carbocycles. The number of halogens is 1. The highest BCUT2D eigenvalue weighted by Gasteiger charge is 2.13. The quantitative estimate of drug-likeness (QED) is 0.483. The van der Waals surface area contributed by atoms with E-state index >= 15 is 0 Å². The Bertz CT molecular complexity index is 1230. The summed E-state index contributed by atoms with van der Waals surface area (Å²) in [5, 5.41) is 4.26. The maximum absolute atomic E-state index is 13.0. The SMILES string of the molecule is COc1ccc(N=c2oc3ccccc3cc2C(=O)Nc2ccc(Cl)cc2)cc1. The van der Waals surface area contributed by atoms with E-state index in [4.69, 9.17) is 20.8 Å². The predicted molar refractivity (Wildman–Crippen MR) is 114 cm³/mol. The third kappa shape index (κ3) is 4.31. The van der Waals surface area contributed by atoms with Gasteiger partial charge in [-0.1, -0.05) is 29.8 Å². The summed E-state index contributed by atoms with van der Waals surface area (Å²) >= 11 is 5.92. The third-order valence-corrected chi connectivity index (χ3v) is 4.56. The van der Waals surface area contributed by atoms with Crippen molar-refractivity contribution in [3.63, 3.8) is 0 Å². The largest absolute Gasteiger partial charge is 0.497 e. The van der Waals surface area contributed by atoms with E-state index in [0.717, 1.165) is 11.1 Å². The highest BCUT2D eigenvalue weighted by atomic mass is 35.5. The summed E-state index contributed by atoms with van der Waals surface area (Å²) in [5.74, 6) is 0.397. The minimum Gasteiger partial charge on any atom is -0.497 e. The van der Waals surface area contributed by atoms with Crippen LogP contribution < -0.4 is 15.6 Å². The van der Waals surface area contributed by atoms with Crippen LogP contribution in [0.2, 0.25) is 5.02 Å². The first-order chi connectivity index (χ1) is 14.1. The third-order valence-electron chi connectivity index (χ3n) is 4.31. The van der Waals surface area contributed by atoms with Crippen LogP contribution >= 0.6 is 11.6 Å². The number of hydrogen-bond donors (Lipinski definition) is 1. The molecule has 144 valence electrons. The molecule has 6 heteroatoms. The minimum atomic E-state index is -0.325. The molecule has 3 aromatic carbocycles. The number of carbonyl (C=O) groups excluding carboxylic acids is 1. The zero-order chi connectivity index (χ0) is 20.2. The fourth-order valence-electron chi connectivity index (χ4n) is 2.82. The molecule has 4 rings (SSSR count). The maximum atomic E-state index is 13.0. The molecular weight excluding hydrogens is 388 g/mol. The number of anilines is 1. The molecule has 0 radical (unpaired) electrons. The van der Waals surface area contributed by atoms with Gasteiger partial charge < -0.3 is 14.5 Å². The van der Waals surface area contributed by atoms with Crippen LogP contribution in [0.1, 0.15) is 10.4 Å². The van der Waals surface area contributed by atoms with E-state index in [1.807, 2.05) is 24.3 Å². The Morgan fingerprint density at radius 2 is 1.72 bits per heavy atom. The fourth-order valence-corrected chi connectivity index (χ4v) is 2.95. The molecule has 1 heterocycles. The normalized spacial score (nSPS) is 11.4. The van der Waals surface area contributed by atoms with Crippen molar-refractivity contribution in [2.75, 3.05) is 12.4 Å².